The van der Waals surface area contributed by atoms with Crippen molar-refractivity contribution >= 4 is 11.9 Å². The van der Waals surface area contributed by atoms with Crippen LogP contribution in [0.4, 0.5) is 5.95 Å². The summed E-state index contributed by atoms with van der Waals surface area (Å²) in [5.41, 5.74) is 4.13. The molecule has 1 aromatic heterocycles. The van der Waals surface area contributed by atoms with E-state index in [4.69, 9.17) is 4.74 Å². The summed E-state index contributed by atoms with van der Waals surface area (Å²) in [6.45, 7) is 6.58. The van der Waals surface area contributed by atoms with Crippen molar-refractivity contribution in [1.82, 2.24) is 14.9 Å². The number of aryl methyl sites for hydroxylation is 2. The average Bonchev–Trinajstić information content (AvgIpc) is 2.82. The molecule has 1 aliphatic rings. The van der Waals surface area contributed by atoms with Gasteiger partial charge in [0.15, 0.2) is 0 Å². The summed E-state index contributed by atoms with van der Waals surface area (Å²) in [5.74, 6) is 7.67. The monoisotopic (exact) mass is 426 g/mol. The second-order valence-electron chi connectivity index (χ2n) is 7.76. The van der Waals surface area contributed by atoms with Crippen LogP contribution in [0.25, 0.3) is 0 Å². The van der Waals surface area contributed by atoms with Crippen LogP contribution < -0.4 is 9.64 Å². The van der Waals surface area contributed by atoms with Gasteiger partial charge in [0.1, 0.15) is 5.75 Å². The van der Waals surface area contributed by atoms with Crippen LogP contribution in [0.1, 0.15) is 32.9 Å². The molecule has 3 aromatic rings. The number of aromatic nitrogens is 2. The van der Waals surface area contributed by atoms with Crippen molar-refractivity contribution in [3.8, 4) is 17.6 Å². The van der Waals surface area contributed by atoms with E-state index in [-0.39, 0.29) is 5.91 Å². The van der Waals surface area contributed by atoms with Crippen molar-refractivity contribution in [3.63, 3.8) is 0 Å². The van der Waals surface area contributed by atoms with Gasteiger partial charge in [0, 0.05) is 48.7 Å². The zero-order valence-electron chi connectivity index (χ0n) is 18.6. The Labute approximate surface area is 188 Å². The highest BCUT2D eigenvalue weighted by Gasteiger charge is 2.24. The van der Waals surface area contributed by atoms with Crippen LogP contribution in [0.3, 0.4) is 0 Å². The van der Waals surface area contributed by atoms with Crippen LogP contribution in [0.15, 0.2) is 54.6 Å². The number of benzene rings is 2. The predicted molar refractivity (Wildman–Crippen MR) is 125 cm³/mol. The summed E-state index contributed by atoms with van der Waals surface area (Å²) in [5, 5.41) is 0. The quantitative estimate of drug-likeness (QED) is 0.601. The minimum absolute atomic E-state index is 0.00333. The fraction of sp³-hybridized carbons (Fsp3) is 0.269. The third kappa shape index (κ3) is 4.89. The largest absolute Gasteiger partial charge is 0.495 e. The van der Waals surface area contributed by atoms with Crippen molar-refractivity contribution < 1.29 is 9.53 Å². The molecule has 1 amide bonds. The number of hydrogen-bond acceptors (Lipinski definition) is 5. The van der Waals surface area contributed by atoms with Gasteiger partial charge in [0.25, 0.3) is 5.91 Å². The molecule has 162 valence electrons. The molecule has 1 fully saturated rings. The Hall–Kier alpha value is -3.85. The molecule has 1 aliphatic heterocycles. The second-order valence-corrected chi connectivity index (χ2v) is 7.76. The fourth-order valence-electron chi connectivity index (χ4n) is 3.74. The van der Waals surface area contributed by atoms with Crippen LogP contribution in [0.2, 0.25) is 0 Å². The number of carbonyl (C=O) groups is 1. The maximum absolute atomic E-state index is 13.2. The van der Waals surface area contributed by atoms with Crippen LogP contribution in [-0.4, -0.2) is 54.1 Å². The molecule has 0 unspecified atom stereocenters. The van der Waals surface area contributed by atoms with E-state index in [1.54, 1.807) is 13.2 Å². The second kappa shape index (κ2) is 9.52. The molecule has 0 spiro atoms. The van der Waals surface area contributed by atoms with Crippen LogP contribution in [-0.2, 0) is 0 Å². The molecule has 6 nitrogen and oxygen atoms in total. The highest BCUT2D eigenvalue weighted by molar-refractivity contribution is 5.95. The lowest BCUT2D eigenvalue weighted by Crippen LogP contribution is -2.49. The molecule has 2 aromatic carbocycles. The first-order valence-electron chi connectivity index (χ1n) is 10.6. The Balaban J connectivity index is 1.48. The summed E-state index contributed by atoms with van der Waals surface area (Å²) < 4.78 is 5.45. The van der Waals surface area contributed by atoms with Gasteiger partial charge < -0.3 is 14.5 Å². The first kappa shape index (κ1) is 21.4. The van der Waals surface area contributed by atoms with Crippen molar-refractivity contribution in [3.05, 3.63) is 82.7 Å². The van der Waals surface area contributed by atoms with Gasteiger partial charge in [-0.15, -0.1) is 0 Å². The van der Waals surface area contributed by atoms with E-state index in [9.17, 15) is 4.79 Å². The normalized spacial score (nSPS) is 13.3. The van der Waals surface area contributed by atoms with Crippen LogP contribution in [0.5, 0.6) is 5.75 Å². The molecule has 1 saturated heterocycles. The summed E-state index contributed by atoms with van der Waals surface area (Å²) in [7, 11) is 1.61. The summed E-state index contributed by atoms with van der Waals surface area (Å²) in [4.78, 5) is 26.3. The molecule has 4 rings (SSSR count). The number of amides is 1. The fourth-order valence-corrected chi connectivity index (χ4v) is 3.74. The number of rotatable bonds is 3. The lowest BCUT2D eigenvalue weighted by Gasteiger charge is -2.35. The van der Waals surface area contributed by atoms with E-state index in [2.05, 4.69) is 26.7 Å². The van der Waals surface area contributed by atoms with E-state index >= 15 is 0 Å². The molecule has 0 bridgehead atoms. The van der Waals surface area contributed by atoms with Crippen molar-refractivity contribution in [2.45, 2.75) is 13.8 Å². The molecule has 0 atom stereocenters. The minimum atomic E-state index is -0.00333. The first-order chi connectivity index (χ1) is 15.5. The van der Waals surface area contributed by atoms with Crippen LogP contribution in [0, 0.1) is 25.7 Å². The summed E-state index contributed by atoms with van der Waals surface area (Å²) >= 11 is 0. The van der Waals surface area contributed by atoms with E-state index in [0.717, 1.165) is 22.9 Å². The van der Waals surface area contributed by atoms with E-state index in [0.29, 0.717) is 43.1 Å². The van der Waals surface area contributed by atoms with Crippen molar-refractivity contribution in [2.75, 3.05) is 38.2 Å². The van der Waals surface area contributed by atoms with Gasteiger partial charge >= 0.3 is 0 Å². The molecule has 6 heteroatoms. The molecule has 2 heterocycles. The molecule has 0 N–H and O–H groups in total. The number of hydrogen-bond donors (Lipinski definition) is 0. The Morgan fingerprint density at radius 1 is 0.906 bits per heavy atom. The number of piperazine rings is 1. The number of nitrogens with zero attached hydrogens (tertiary/aromatic N) is 4. The van der Waals surface area contributed by atoms with Crippen LogP contribution >= 0.6 is 0 Å². The number of carbonyl (C=O) groups excluding carboxylic acids is 1. The van der Waals surface area contributed by atoms with E-state index < -0.39 is 0 Å². The Morgan fingerprint density at radius 2 is 1.59 bits per heavy atom. The molecular weight excluding hydrogens is 400 g/mol. The zero-order valence-corrected chi connectivity index (χ0v) is 18.6. The van der Waals surface area contributed by atoms with Gasteiger partial charge in [-0.25, -0.2) is 9.97 Å². The third-order valence-corrected chi connectivity index (χ3v) is 5.38. The Morgan fingerprint density at radius 3 is 2.25 bits per heavy atom. The SMILES string of the molecule is COc1ccc(C(=O)N2CCN(c3nc(C)cc(C)n3)CC2)cc1C#Cc1ccccc1. The van der Waals surface area contributed by atoms with E-state index in [1.807, 2.05) is 67.3 Å². The van der Waals surface area contributed by atoms with Gasteiger partial charge in [-0.1, -0.05) is 30.0 Å². The molecular formula is C26H26N4O2. The molecule has 0 radical (unpaired) electrons. The van der Waals surface area contributed by atoms with Crippen molar-refractivity contribution in [1.29, 1.82) is 0 Å². The topological polar surface area (TPSA) is 58.6 Å². The maximum Gasteiger partial charge on any atom is 0.254 e. The van der Waals surface area contributed by atoms with Gasteiger partial charge in [0.05, 0.1) is 12.7 Å². The van der Waals surface area contributed by atoms with Gasteiger partial charge in [-0.3, -0.25) is 4.79 Å². The first-order valence-corrected chi connectivity index (χ1v) is 10.6. The van der Waals surface area contributed by atoms with Gasteiger partial charge in [-0.2, -0.15) is 0 Å². The summed E-state index contributed by atoms with van der Waals surface area (Å²) in [6.07, 6.45) is 0. The minimum Gasteiger partial charge on any atom is -0.495 e. The molecule has 0 aliphatic carbocycles. The average molecular weight is 427 g/mol. The maximum atomic E-state index is 13.2. The number of methoxy groups -OCH3 is 1. The number of ether oxygens (including phenoxy) is 1. The standard InChI is InChI=1S/C26H26N4O2/c1-19-17-20(2)28-26(27-19)30-15-13-29(14-16-30)25(31)23-11-12-24(32-3)22(18-23)10-9-21-7-5-4-6-8-21/h4-8,11-12,17-18H,13-16H2,1-3H3. The highest BCUT2D eigenvalue weighted by atomic mass is 16.5. The van der Waals surface area contributed by atoms with E-state index in [1.165, 1.54) is 0 Å². The smallest absolute Gasteiger partial charge is 0.254 e. The lowest BCUT2D eigenvalue weighted by atomic mass is 10.1. The highest BCUT2D eigenvalue weighted by Crippen LogP contribution is 2.21. The molecule has 0 saturated carbocycles. The predicted octanol–water partition coefficient (Wildman–Crippen LogP) is 3.46. The zero-order chi connectivity index (χ0) is 22.5. The Bertz CT molecular complexity index is 1150. The Kier molecular flexibility index (Phi) is 6.37. The third-order valence-electron chi connectivity index (χ3n) is 5.38. The van der Waals surface area contributed by atoms with Crippen molar-refractivity contribution in [2.24, 2.45) is 0 Å². The van der Waals surface area contributed by atoms with Gasteiger partial charge in [0.2, 0.25) is 5.95 Å². The lowest BCUT2D eigenvalue weighted by molar-refractivity contribution is 0.0746. The summed E-state index contributed by atoms with van der Waals surface area (Å²) in [6, 6.07) is 17.1. The molecule has 32 heavy (non-hydrogen) atoms. The van der Waals surface area contributed by atoms with Gasteiger partial charge in [-0.05, 0) is 50.2 Å². The number of anilines is 1.